The molecule has 4 saturated carbocycles. The molecule has 1 heteroatoms. The zero-order chi connectivity index (χ0) is 10.8. The average molecular weight is 212 g/mol. The maximum atomic E-state index is 11.0. The van der Waals surface area contributed by atoms with Crippen molar-refractivity contribution in [1.29, 1.82) is 0 Å². The first-order chi connectivity index (χ1) is 7.84. The third kappa shape index (κ3) is 0.865. The Morgan fingerprint density at radius 1 is 1.12 bits per heavy atom. The normalized spacial score (nSPS) is 47.8. The van der Waals surface area contributed by atoms with E-state index in [-0.39, 0.29) is 0 Å². The summed E-state index contributed by atoms with van der Waals surface area (Å²) in [6.45, 7) is 0. The van der Waals surface area contributed by atoms with Crippen LogP contribution < -0.4 is 0 Å². The lowest BCUT2D eigenvalue weighted by Crippen LogP contribution is -2.54. The molecule has 1 nitrogen and oxygen atoms in total. The quantitative estimate of drug-likeness (QED) is 0.689. The Balaban J connectivity index is 1.63. The second-order valence-corrected chi connectivity index (χ2v) is 5.98. The molecule has 0 saturated heterocycles. The van der Waals surface area contributed by atoms with E-state index in [0.29, 0.717) is 11.3 Å². The van der Waals surface area contributed by atoms with E-state index < -0.39 is 0 Å². The minimum Gasteiger partial charge on any atom is -0.303 e. The zero-order valence-electron chi connectivity index (χ0n) is 9.30. The molecule has 82 valence electrons. The van der Waals surface area contributed by atoms with E-state index in [1.165, 1.54) is 31.1 Å². The van der Waals surface area contributed by atoms with Crippen LogP contribution in [-0.2, 0) is 4.79 Å². The van der Waals surface area contributed by atoms with Gasteiger partial charge in [0, 0.05) is 5.92 Å². The van der Waals surface area contributed by atoms with Crippen molar-refractivity contribution in [2.75, 3.05) is 0 Å². The Bertz CT molecular complexity index is 438. The Morgan fingerprint density at radius 3 is 2.69 bits per heavy atom. The Morgan fingerprint density at radius 2 is 1.94 bits per heavy atom. The highest BCUT2D eigenvalue weighted by atomic mass is 16.1. The minimum absolute atomic E-state index is 0.388. The van der Waals surface area contributed by atoms with Gasteiger partial charge in [-0.1, -0.05) is 30.3 Å². The van der Waals surface area contributed by atoms with Gasteiger partial charge in [0.15, 0.2) is 0 Å². The number of hydrogen-bond donors (Lipinski definition) is 0. The highest BCUT2D eigenvalue weighted by molar-refractivity contribution is 5.58. The summed E-state index contributed by atoms with van der Waals surface area (Å²) in [6, 6.07) is 10.9. The van der Waals surface area contributed by atoms with Crippen molar-refractivity contribution in [3.05, 3.63) is 35.9 Å². The van der Waals surface area contributed by atoms with E-state index in [9.17, 15) is 4.79 Å². The molecule has 5 atom stereocenters. The van der Waals surface area contributed by atoms with Gasteiger partial charge < -0.3 is 4.79 Å². The predicted octanol–water partition coefficient (Wildman–Crippen LogP) is 3.02. The van der Waals surface area contributed by atoms with Gasteiger partial charge in [0.05, 0.1) is 0 Å². The highest BCUT2D eigenvalue weighted by Gasteiger charge is 2.71. The molecule has 4 aliphatic carbocycles. The second kappa shape index (κ2) is 2.77. The fourth-order valence-electron chi connectivity index (χ4n) is 4.89. The van der Waals surface area contributed by atoms with Crippen LogP contribution in [0, 0.1) is 23.2 Å². The molecule has 2 bridgehead atoms. The van der Waals surface area contributed by atoms with Crippen LogP contribution in [0.5, 0.6) is 0 Å². The van der Waals surface area contributed by atoms with E-state index in [0.717, 1.165) is 17.8 Å². The lowest BCUT2D eigenvalue weighted by Gasteiger charge is -2.62. The molecule has 16 heavy (non-hydrogen) atoms. The summed E-state index contributed by atoms with van der Waals surface area (Å²) in [5, 5.41) is 0. The maximum Gasteiger partial charge on any atom is 0.123 e. The van der Waals surface area contributed by atoms with Crippen LogP contribution in [0.25, 0.3) is 0 Å². The Hall–Kier alpha value is -1.11. The number of fused-ring (bicyclic) bond motifs is 1. The van der Waals surface area contributed by atoms with Crippen molar-refractivity contribution in [2.45, 2.75) is 25.2 Å². The molecule has 0 N–H and O–H groups in total. The van der Waals surface area contributed by atoms with Crippen molar-refractivity contribution < 1.29 is 4.79 Å². The van der Waals surface area contributed by atoms with E-state index in [2.05, 4.69) is 30.3 Å². The van der Waals surface area contributed by atoms with E-state index in [1.54, 1.807) is 0 Å². The van der Waals surface area contributed by atoms with Gasteiger partial charge in [-0.25, -0.2) is 0 Å². The van der Waals surface area contributed by atoms with Gasteiger partial charge >= 0.3 is 0 Å². The summed E-state index contributed by atoms with van der Waals surface area (Å²) in [5.74, 6) is 2.70. The van der Waals surface area contributed by atoms with Crippen molar-refractivity contribution >= 4 is 6.29 Å². The number of carbonyl (C=O) groups is 1. The van der Waals surface area contributed by atoms with Crippen LogP contribution in [0.4, 0.5) is 0 Å². The first kappa shape index (κ1) is 8.98. The average Bonchev–Trinajstić information content (AvgIpc) is 2.79. The first-order valence-corrected chi connectivity index (χ1v) is 6.34. The second-order valence-electron chi connectivity index (χ2n) is 5.98. The van der Waals surface area contributed by atoms with E-state index in [1.807, 2.05) is 0 Å². The molecule has 0 aromatic heterocycles. The number of benzene rings is 1. The zero-order valence-corrected chi connectivity index (χ0v) is 9.30. The molecule has 1 aromatic carbocycles. The molecule has 5 unspecified atom stereocenters. The van der Waals surface area contributed by atoms with Crippen molar-refractivity contribution in [3.63, 3.8) is 0 Å². The van der Waals surface area contributed by atoms with Gasteiger partial charge in [0.1, 0.15) is 6.29 Å². The summed E-state index contributed by atoms with van der Waals surface area (Å²) in [4.78, 5) is 11.0. The summed E-state index contributed by atoms with van der Waals surface area (Å²) >= 11 is 0. The monoisotopic (exact) mass is 212 g/mol. The van der Waals surface area contributed by atoms with Gasteiger partial charge in [0.25, 0.3) is 0 Å². The maximum absolute atomic E-state index is 11.0. The van der Waals surface area contributed by atoms with Gasteiger partial charge in [0.2, 0.25) is 0 Å². The molecule has 0 amide bonds. The number of aldehydes is 1. The fourth-order valence-corrected chi connectivity index (χ4v) is 4.89. The van der Waals surface area contributed by atoms with Gasteiger partial charge in [-0.2, -0.15) is 0 Å². The molecule has 4 fully saturated rings. The van der Waals surface area contributed by atoms with Crippen LogP contribution in [-0.4, -0.2) is 6.29 Å². The van der Waals surface area contributed by atoms with Crippen LogP contribution in [0.2, 0.25) is 0 Å². The summed E-state index contributed by atoms with van der Waals surface area (Å²) in [5.41, 5.74) is 2.09. The van der Waals surface area contributed by atoms with Gasteiger partial charge in [-0.15, -0.1) is 0 Å². The lowest BCUT2D eigenvalue weighted by atomic mass is 9.42. The predicted molar refractivity (Wildman–Crippen MR) is 62.0 cm³/mol. The molecule has 1 spiro atoms. The molecule has 1 aromatic rings. The number of hydrogen-bond acceptors (Lipinski definition) is 1. The number of carbonyl (C=O) groups excluding carboxylic acids is 1. The summed E-state index contributed by atoms with van der Waals surface area (Å²) in [6.07, 6.45) is 5.09. The van der Waals surface area contributed by atoms with Crippen LogP contribution in [0.3, 0.4) is 0 Å². The van der Waals surface area contributed by atoms with Crippen LogP contribution in [0.1, 0.15) is 30.7 Å². The van der Waals surface area contributed by atoms with Crippen molar-refractivity contribution in [1.82, 2.24) is 0 Å². The lowest BCUT2D eigenvalue weighted by molar-refractivity contribution is -0.116. The summed E-state index contributed by atoms with van der Waals surface area (Å²) < 4.78 is 0. The first-order valence-electron chi connectivity index (χ1n) is 6.34. The largest absolute Gasteiger partial charge is 0.303 e. The molecule has 0 heterocycles. The topological polar surface area (TPSA) is 17.1 Å². The Kier molecular flexibility index (Phi) is 1.55. The molecule has 4 aliphatic rings. The number of rotatable bonds is 2. The van der Waals surface area contributed by atoms with Crippen LogP contribution >= 0.6 is 0 Å². The van der Waals surface area contributed by atoms with Crippen molar-refractivity contribution in [2.24, 2.45) is 23.2 Å². The molecule has 0 radical (unpaired) electrons. The third-order valence-electron chi connectivity index (χ3n) is 5.47. The third-order valence-corrected chi connectivity index (χ3v) is 5.47. The van der Waals surface area contributed by atoms with E-state index >= 15 is 0 Å². The fraction of sp³-hybridized carbons (Fsp3) is 0.533. The van der Waals surface area contributed by atoms with Crippen LogP contribution in [0.15, 0.2) is 30.3 Å². The van der Waals surface area contributed by atoms with Gasteiger partial charge in [-0.05, 0) is 48.0 Å². The van der Waals surface area contributed by atoms with Crippen molar-refractivity contribution in [3.8, 4) is 0 Å². The molecule has 0 aliphatic heterocycles. The minimum atomic E-state index is 0.388. The van der Waals surface area contributed by atoms with Gasteiger partial charge in [-0.3, -0.25) is 0 Å². The SMILES string of the molecule is O=CC1CC23CC(c4ccccc4)C2C1C3. The molecular weight excluding hydrogens is 196 g/mol. The summed E-state index contributed by atoms with van der Waals surface area (Å²) in [7, 11) is 0. The molecule has 5 rings (SSSR count). The smallest absolute Gasteiger partial charge is 0.123 e. The molecular formula is C15H16O. The van der Waals surface area contributed by atoms with E-state index in [4.69, 9.17) is 0 Å². The standard InChI is InChI=1S/C15H16O/c16-9-11-6-15-7-12(14(15)13(11)8-15)10-4-2-1-3-5-10/h1-5,9,11-14H,6-8H2. The highest BCUT2D eigenvalue weighted by Crippen LogP contribution is 2.79. The Labute approximate surface area is 95.9 Å².